The monoisotopic (exact) mass is 685 g/mol. The van der Waals surface area contributed by atoms with Gasteiger partial charge in [-0.05, 0) is 86.1 Å². The Bertz CT molecular complexity index is 1740. The summed E-state index contributed by atoms with van der Waals surface area (Å²) in [5.41, 5.74) is 4.97. The number of methoxy groups -OCH3 is 1. The van der Waals surface area contributed by atoms with E-state index in [0.717, 1.165) is 47.9 Å². The van der Waals surface area contributed by atoms with E-state index in [9.17, 15) is 30.6 Å². The lowest BCUT2D eigenvalue weighted by Crippen LogP contribution is -2.44. The normalized spacial score (nSPS) is 30.7. The van der Waals surface area contributed by atoms with Crippen LogP contribution in [0.5, 0.6) is 23.0 Å². The lowest BCUT2D eigenvalue weighted by atomic mass is 9.64. The number of nitrogens with zero attached hydrogens (tertiary/aromatic N) is 1. The summed E-state index contributed by atoms with van der Waals surface area (Å²) in [4.78, 5) is 4.17. The van der Waals surface area contributed by atoms with Crippen molar-refractivity contribution < 1.29 is 40.1 Å². The Balaban J connectivity index is 1.20. The molecule has 1 aliphatic heterocycles. The molecule has 0 spiro atoms. The molecular weight excluding hydrogens is 636 g/mol. The van der Waals surface area contributed by atoms with Crippen LogP contribution in [0.1, 0.15) is 89.8 Å². The summed E-state index contributed by atoms with van der Waals surface area (Å²) in [5, 5.41) is 68.9. The minimum absolute atomic E-state index is 0.0566. The molecule has 9 unspecified atom stereocenters. The van der Waals surface area contributed by atoms with Gasteiger partial charge in [-0.25, -0.2) is 0 Å². The van der Waals surface area contributed by atoms with Gasteiger partial charge in [0.2, 0.25) is 5.75 Å². The second kappa shape index (κ2) is 14.4. The highest BCUT2D eigenvalue weighted by Gasteiger charge is 2.45. The highest BCUT2D eigenvalue weighted by atomic mass is 16.5. The number of benzene rings is 2. The standard InChI is InChI=1S/C40H49N2O8/c1-41-26-7-9-27-24(14-26)3-4-25(19-43)36(27)29-15-22(6-10-32(29)45)23-5-8-28-33(46)17-35(50-34(28)16-23)37-30(13-21-11-12-42-18-21)40(49-2)39(48)38(47)31(37)20-44/h4,6-7,9-12,15,18,23-24,26-28,33-36,41,43-48H,3,5,8,13-14,16-17,19-20H2,1-2H3/q-1. The first-order valence-corrected chi connectivity index (χ1v) is 17.9. The first kappa shape index (κ1) is 34.6. The lowest BCUT2D eigenvalue weighted by molar-refractivity contribution is -0.154. The maximum atomic E-state index is 11.5. The summed E-state index contributed by atoms with van der Waals surface area (Å²) in [6.45, 7) is -0.592. The average Bonchev–Trinajstić information content (AvgIpc) is 3.65. The minimum Gasteiger partial charge on any atom is -0.670 e. The fourth-order valence-electron chi connectivity index (χ4n) is 9.45. The van der Waals surface area contributed by atoms with Crippen LogP contribution in [0.15, 0.2) is 60.5 Å². The van der Waals surface area contributed by atoms with Gasteiger partial charge in [0.25, 0.3) is 0 Å². The molecule has 3 aromatic rings. The Kier molecular flexibility index (Phi) is 10.0. The van der Waals surface area contributed by atoms with Crippen LogP contribution < -0.4 is 15.0 Å². The van der Waals surface area contributed by atoms with Gasteiger partial charge in [-0.15, -0.1) is 0 Å². The van der Waals surface area contributed by atoms with E-state index in [1.165, 1.54) is 7.11 Å². The van der Waals surface area contributed by atoms with Crippen molar-refractivity contribution >= 4 is 0 Å². The Morgan fingerprint density at radius 1 is 0.980 bits per heavy atom. The number of phenols is 3. The summed E-state index contributed by atoms with van der Waals surface area (Å²) in [5.74, 6) is -0.0826. The molecule has 0 amide bonds. The number of allylic oxidation sites excluding steroid dienone is 2. The van der Waals surface area contributed by atoms with Gasteiger partial charge in [0.15, 0.2) is 11.5 Å². The lowest BCUT2D eigenvalue weighted by Gasteiger charge is -2.46. The number of likely N-dealkylation sites (N-methyl/N-ethyl adjacent to an activating group) is 1. The van der Waals surface area contributed by atoms with Gasteiger partial charge >= 0.3 is 0 Å². The van der Waals surface area contributed by atoms with Crippen LogP contribution in [0.25, 0.3) is 0 Å². The van der Waals surface area contributed by atoms with E-state index in [1.54, 1.807) is 18.5 Å². The molecule has 268 valence electrons. The molecule has 7 N–H and O–H groups in total. The van der Waals surface area contributed by atoms with E-state index >= 15 is 0 Å². The fourth-order valence-corrected chi connectivity index (χ4v) is 9.45. The topological polar surface area (TPSA) is 166 Å². The predicted molar refractivity (Wildman–Crippen MR) is 187 cm³/mol. The van der Waals surface area contributed by atoms with Crippen molar-refractivity contribution in [2.75, 3.05) is 20.8 Å². The summed E-state index contributed by atoms with van der Waals surface area (Å²) < 4.78 is 12.4. The molecule has 50 heavy (non-hydrogen) atoms. The van der Waals surface area contributed by atoms with E-state index < -0.39 is 30.3 Å². The van der Waals surface area contributed by atoms with Crippen molar-refractivity contribution in [1.82, 2.24) is 10.3 Å². The molecule has 2 fully saturated rings. The summed E-state index contributed by atoms with van der Waals surface area (Å²) >= 11 is 0. The molecule has 9 atom stereocenters. The second-order valence-electron chi connectivity index (χ2n) is 14.6. The number of aromatic hydroxyl groups is 3. The first-order chi connectivity index (χ1) is 24.3. The molecule has 7 rings (SSSR count). The zero-order chi connectivity index (χ0) is 35.1. The number of rotatable bonds is 9. The number of aliphatic hydroxyl groups is 3. The third kappa shape index (κ3) is 6.22. The number of ether oxygens (including phenoxy) is 2. The molecule has 2 heterocycles. The zero-order valence-corrected chi connectivity index (χ0v) is 28.7. The van der Waals surface area contributed by atoms with E-state index in [1.807, 2.05) is 19.2 Å². The molecule has 4 aliphatic rings. The van der Waals surface area contributed by atoms with Crippen molar-refractivity contribution in [1.29, 1.82) is 0 Å². The highest BCUT2D eigenvalue weighted by Crippen LogP contribution is 2.53. The van der Waals surface area contributed by atoms with Crippen LogP contribution >= 0.6 is 0 Å². The quantitative estimate of drug-likeness (QED) is 0.123. The number of nitrogens with one attached hydrogen (secondary N) is 1. The molecule has 0 radical (unpaired) electrons. The molecule has 0 bridgehead atoms. The van der Waals surface area contributed by atoms with Gasteiger partial charge in [-0.2, -0.15) is 12.4 Å². The summed E-state index contributed by atoms with van der Waals surface area (Å²) in [6, 6.07) is 8.04. The number of aromatic nitrogens is 1. The SMILES string of the molecule is CNC1C=CC2C(CC=C(CO)C2c2cc(C3CCC4C(O)CC(c5c(CO)c(O)c(O)c(OC)c5Cc5cc[n-]c5)OC4C3)ccc2O)C1. The van der Waals surface area contributed by atoms with Crippen LogP contribution in [0.2, 0.25) is 0 Å². The van der Waals surface area contributed by atoms with Crippen molar-refractivity contribution in [2.45, 2.75) is 87.7 Å². The van der Waals surface area contributed by atoms with Crippen LogP contribution in [0, 0.1) is 17.8 Å². The maximum Gasteiger partial charge on any atom is 0.201 e. The van der Waals surface area contributed by atoms with E-state index in [-0.39, 0.29) is 59.9 Å². The maximum absolute atomic E-state index is 11.5. The van der Waals surface area contributed by atoms with Gasteiger partial charge in [0.1, 0.15) is 5.75 Å². The number of aliphatic hydroxyl groups excluding tert-OH is 3. The Labute approximate surface area is 293 Å². The number of hydrogen-bond donors (Lipinski definition) is 7. The number of fused-ring (bicyclic) bond motifs is 2. The summed E-state index contributed by atoms with van der Waals surface area (Å²) in [6.07, 6.45) is 13.1. The number of hydrogen-bond acceptors (Lipinski definition) is 9. The molecule has 3 aliphatic carbocycles. The predicted octanol–water partition coefficient (Wildman–Crippen LogP) is 4.81. The van der Waals surface area contributed by atoms with Gasteiger partial charge < -0.3 is 50.4 Å². The second-order valence-corrected chi connectivity index (χ2v) is 14.6. The Morgan fingerprint density at radius 2 is 1.82 bits per heavy atom. The third-order valence-corrected chi connectivity index (χ3v) is 12.0. The first-order valence-electron chi connectivity index (χ1n) is 17.9. The van der Waals surface area contributed by atoms with Crippen LogP contribution in [0.4, 0.5) is 0 Å². The summed E-state index contributed by atoms with van der Waals surface area (Å²) in [7, 11) is 3.40. The van der Waals surface area contributed by atoms with Crippen LogP contribution in [0.3, 0.4) is 0 Å². The molecule has 1 saturated carbocycles. The molecular formula is C40H49N2O8-. The Hall–Kier alpha value is -3.80. The minimum atomic E-state index is -0.673. The van der Waals surface area contributed by atoms with Crippen molar-refractivity contribution in [2.24, 2.45) is 17.8 Å². The van der Waals surface area contributed by atoms with E-state index in [4.69, 9.17) is 9.47 Å². The highest BCUT2D eigenvalue weighted by molar-refractivity contribution is 5.64. The smallest absolute Gasteiger partial charge is 0.201 e. The van der Waals surface area contributed by atoms with Gasteiger partial charge in [-0.1, -0.05) is 42.0 Å². The van der Waals surface area contributed by atoms with Crippen molar-refractivity contribution in [3.05, 3.63) is 93.8 Å². The van der Waals surface area contributed by atoms with Gasteiger partial charge in [-0.3, -0.25) is 0 Å². The molecule has 1 saturated heterocycles. The van der Waals surface area contributed by atoms with Crippen LogP contribution in [-0.2, 0) is 17.8 Å². The van der Waals surface area contributed by atoms with Crippen molar-refractivity contribution in [3.63, 3.8) is 0 Å². The third-order valence-electron chi connectivity index (χ3n) is 12.0. The van der Waals surface area contributed by atoms with Gasteiger partial charge in [0.05, 0.1) is 38.6 Å². The van der Waals surface area contributed by atoms with Gasteiger partial charge in [0, 0.05) is 41.0 Å². The van der Waals surface area contributed by atoms with E-state index in [2.05, 4.69) is 34.6 Å². The number of phenolic OH excluding ortho intramolecular Hbond substituents is 2. The van der Waals surface area contributed by atoms with Crippen LogP contribution in [-0.4, -0.2) is 69.7 Å². The molecule has 2 aromatic carbocycles. The average molecular weight is 686 g/mol. The molecule has 1 aromatic heterocycles. The van der Waals surface area contributed by atoms with E-state index in [0.29, 0.717) is 35.9 Å². The largest absolute Gasteiger partial charge is 0.670 e. The zero-order valence-electron chi connectivity index (χ0n) is 28.7. The fraction of sp³-hybridized carbons (Fsp3) is 0.500. The molecule has 10 heteroatoms. The van der Waals surface area contributed by atoms with Crippen molar-refractivity contribution in [3.8, 4) is 23.0 Å². The molecule has 10 nitrogen and oxygen atoms in total. The Morgan fingerprint density at radius 3 is 2.54 bits per heavy atom.